The number of phenols is 1. The molecule has 0 radical (unpaired) electrons. The second-order valence-corrected chi connectivity index (χ2v) is 8.07. The van der Waals surface area contributed by atoms with Crippen molar-refractivity contribution >= 4 is 17.5 Å². The molecule has 0 aliphatic carbocycles. The highest BCUT2D eigenvalue weighted by molar-refractivity contribution is 6.30. The number of fused-ring (bicyclic) bond motifs is 1. The Morgan fingerprint density at radius 2 is 1.97 bits per heavy atom. The first-order valence-electron chi connectivity index (χ1n) is 9.86. The number of benzene rings is 2. The van der Waals surface area contributed by atoms with Crippen LogP contribution in [0.5, 0.6) is 5.75 Å². The molecule has 0 spiro atoms. The molecule has 156 valence electrons. The minimum atomic E-state index is -0.324. The summed E-state index contributed by atoms with van der Waals surface area (Å²) in [4.78, 5) is 15.1. The van der Waals surface area contributed by atoms with Gasteiger partial charge in [-0.15, -0.1) is 0 Å². The number of aromatic nitrogens is 2. The number of aryl methyl sites for hydroxylation is 2. The fraction of sp³-hybridized carbons (Fsp3) is 0.304. The summed E-state index contributed by atoms with van der Waals surface area (Å²) in [5, 5.41) is 18.7. The van der Waals surface area contributed by atoms with Crippen LogP contribution in [-0.4, -0.2) is 46.4 Å². The van der Waals surface area contributed by atoms with Crippen LogP contribution in [0.15, 0.2) is 36.4 Å². The number of methoxy groups -OCH3 is 1. The van der Waals surface area contributed by atoms with E-state index in [1.807, 2.05) is 49.1 Å². The molecular weight excluding hydrogens is 402 g/mol. The lowest BCUT2D eigenvalue weighted by Gasteiger charge is -2.26. The molecule has 2 N–H and O–H groups in total. The molecule has 1 amide bonds. The summed E-state index contributed by atoms with van der Waals surface area (Å²) < 4.78 is 5.18. The van der Waals surface area contributed by atoms with Gasteiger partial charge in [-0.3, -0.25) is 9.89 Å². The summed E-state index contributed by atoms with van der Waals surface area (Å²) in [7, 11) is 1.65. The van der Waals surface area contributed by atoms with Crippen LogP contribution >= 0.6 is 11.6 Å². The van der Waals surface area contributed by atoms with E-state index in [0.717, 1.165) is 22.3 Å². The molecular formula is C23H24ClN3O3. The summed E-state index contributed by atoms with van der Waals surface area (Å²) in [6.45, 7) is 4.98. The Kier molecular flexibility index (Phi) is 5.54. The molecule has 3 aromatic rings. The van der Waals surface area contributed by atoms with Crippen LogP contribution < -0.4 is 0 Å². The molecule has 0 fully saturated rings. The zero-order chi connectivity index (χ0) is 21.4. The number of carbonyl (C=O) groups excluding carboxylic acids is 1. The number of nitrogens with one attached hydrogen (secondary N) is 1. The number of H-pyrrole nitrogens is 1. The Balaban J connectivity index is 1.87. The normalized spacial score (nSPS) is 15.7. The Morgan fingerprint density at radius 3 is 2.63 bits per heavy atom. The second kappa shape index (κ2) is 8.13. The third-order valence-corrected chi connectivity index (χ3v) is 5.74. The fourth-order valence-corrected chi connectivity index (χ4v) is 4.37. The van der Waals surface area contributed by atoms with E-state index in [1.165, 1.54) is 0 Å². The van der Waals surface area contributed by atoms with Crippen LogP contribution in [0, 0.1) is 13.8 Å². The molecule has 1 unspecified atom stereocenters. The molecule has 0 bridgehead atoms. The van der Waals surface area contributed by atoms with Crippen molar-refractivity contribution in [2.75, 3.05) is 20.3 Å². The number of amides is 1. The average Bonchev–Trinajstić information content (AvgIpc) is 3.22. The first-order valence-corrected chi connectivity index (χ1v) is 10.2. The van der Waals surface area contributed by atoms with E-state index in [-0.39, 0.29) is 17.7 Å². The van der Waals surface area contributed by atoms with Crippen molar-refractivity contribution in [1.29, 1.82) is 0 Å². The van der Waals surface area contributed by atoms with Gasteiger partial charge in [0.05, 0.1) is 6.04 Å². The lowest BCUT2D eigenvalue weighted by Crippen LogP contribution is -2.31. The van der Waals surface area contributed by atoms with Crippen LogP contribution in [0.25, 0.3) is 11.3 Å². The van der Waals surface area contributed by atoms with Gasteiger partial charge >= 0.3 is 0 Å². The van der Waals surface area contributed by atoms with Crippen LogP contribution in [0.1, 0.15) is 45.2 Å². The number of rotatable bonds is 6. The van der Waals surface area contributed by atoms with Gasteiger partial charge in [0, 0.05) is 36.4 Å². The Labute approximate surface area is 180 Å². The molecule has 0 saturated heterocycles. The van der Waals surface area contributed by atoms with Gasteiger partial charge in [0.15, 0.2) is 0 Å². The van der Waals surface area contributed by atoms with Crippen molar-refractivity contribution < 1.29 is 14.6 Å². The van der Waals surface area contributed by atoms with Gasteiger partial charge in [0.25, 0.3) is 5.91 Å². The third kappa shape index (κ3) is 3.46. The predicted octanol–water partition coefficient (Wildman–Crippen LogP) is 4.63. The van der Waals surface area contributed by atoms with Crippen molar-refractivity contribution in [1.82, 2.24) is 15.1 Å². The smallest absolute Gasteiger partial charge is 0.273 e. The van der Waals surface area contributed by atoms with Crippen molar-refractivity contribution in [2.24, 2.45) is 0 Å². The van der Waals surface area contributed by atoms with Crippen molar-refractivity contribution in [3.63, 3.8) is 0 Å². The number of ether oxygens (including phenoxy) is 1. The second-order valence-electron chi connectivity index (χ2n) is 7.64. The zero-order valence-electron chi connectivity index (χ0n) is 17.2. The predicted molar refractivity (Wildman–Crippen MR) is 116 cm³/mol. The highest BCUT2D eigenvalue weighted by atomic mass is 35.5. The largest absolute Gasteiger partial charge is 0.507 e. The maximum atomic E-state index is 13.2. The quantitative estimate of drug-likeness (QED) is 0.564. The number of aromatic amines is 1. The summed E-state index contributed by atoms with van der Waals surface area (Å²) in [6.07, 6.45) is 0.716. The minimum Gasteiger partial charge on any atom is -0.507 e. The van der Waals surface area contributed by atoms with Gasteiger partial charge in [-0.2, -0.15) is 5.10 Å². The maximum absolute atomic E-state index is 13.2. The summed E-state index contributed by atoms with van der Waals surface area (Å²) in [6, 6.07) is 10.9. The summed E-state index contributed by atoms with van der Waals surface area (Å²) >= 11 is 6.10. The number of aromatic hydroxyl groups is 1. The average molecular weight is 426 g/mol. The van der Waals surface area contributed by atoms with Gasteiger partial charge < -0.3 is 14.7 Å². The van der Waals surface area contributed by atoms with E-state index in [4.69, 9.17) is 16.3 Å². The van der Waals surface area contributed by atoms with Crippen LogP contribution in [0.2, 0.25) is 5.02 Å². The molecule has 4 rings (SSSR count). The van der Waals surface area contributed by atoms with E-state index >= 15 is 0 Å². The van der Waals surface area contributed by atoms with Gasteiger partial charge in [-0.05, 0) is 55.2 Å². The molecule has 1 aliphatic rings. The SMILES string of the molecule is COCCCN1C(=O)c2[nH]nc(-c3c(C)cc(C)cc3O)c2C1c1ccc(Cl)cc1. The molecule has 7 heteroatoms. The highest BCUT2D eigenvalue weighted by Crippen LogP contribution is 2.45. The van der Waals surface area contributed by atoms with Crippen LogP contribution in [0.4, 0.5) is 0 Å². The van der Waals surface area contributed by atoms with Crippen LogP contribution in [0.3, 0.4) is 0 Å². The van der Waals surface area contributed by atoms with Gasteiger partial charge in [-0.25, -0.2) is 0 Å². The Hall–Kier alpha value is -2.83. The van der Waals surface area contributed by atoms with Crippen molar-refractivity contribution in [2.45, 2.75) is 26.3 Å². The molecule has 6 nitrogen and oxygen atoms in total. The van der Waals surface area contributed by atoms with E-state index < -0.39 is 0 Å². The highest BCUT2D eigenvalue weighted by Gasteiger charge is 2.42. The number of hydrogen-bond donors (Lipinski definition) is 2. The van der Waals surface area contributed by atoms with Crippen molar-refractivity contribution in [3.05, 3.63) is 69.4 Å². The third-order valence-electron chi connectivity index (χ3n) is 5.49. The number of halogens is 1. The van der Waals surface area contributed by atoms with E-state index in [1.54, 1.807) is 13.2 Å². The number of phenolic OH excluding ortho intramolecular Hbond substituents is 1. The molecule has 1 aliphatic heterocycles. The zero-order valence-corrected chi connectivity index (χ0v) is 18.0. The molecule has 2 heterocycles. The van der Waals surface area contributed by atoms with Crippen LogP contribution in [-0.2, 0) is 4.74 Å². The monoisotopic (exact) mass is 425 g/mol. The number of nitrogens with zero attached hydrogens (tertiary/aromatic N) is 2. The summed E-state index contributed by atoms with van der Waals surface area (Å²) in [5.41, 5.74) is 5.29. The molecule has 2 aromatic carbocycles. The maximum Gasteiger partial charge on any atom is 0.273 e. The molecule has 0 saturated carbocycles. The van der Waals surface area contributed by atoms with E-state index in [2.05, 4.69) is 10.2 Å². The van der Waals surface area contributed by atoms with Crippen molar-refractivity contribution in [3.8, 4) is 17.0 Å². The lowest BCUT2D eigenvalue weighted by molar-refractivity contribution is 0.0723. The molecule has 1 aromatic heterocycles. The van der Waals surface area contributed by atoms with Gasteiger partial charge in [-0.1, -0.05) is 29.8 Å². The number of hydrogen-bond acceptors (Lipinski definition) is 4. The molecule has 30 heavy (non-hydrogen) atoms. The number of carbonyl (C=O) groups is 1. The van der Waals surface area contributed by atoms with Gasteiger partial charge in [0.2, 0.25) is 0 Å². The first kappa shape index (κ1) is 20.4. The molecule has 1 atom stereocenters. The van der Waals surface area contributed by atoms with E-state index in [9.17, 15) is 9.90 Å². The Morgan fingerprint density at radius 1 is 1.23 bits per heavy atom. The minimum absolute atomic E-state index is 0.107. The standard InChI is InChI=1S/C23H24ClN3O3/c1-13-11-14(2)18(17(28)12-13)20-19-21(26-25-20)23(29)27(9-4-10-30-3)22(19)15-5-7-16(24)8-6-15/h5-8,11-12,22,28H,4,9-10H2,1-3H3,(H,25,26). The Bertz CT molecular complexity index is 1070. The lowest BCUT2D eigenvalue weighted by atomic mass is 9.93. The van der Waals surface area contributed by atoms with E-state index in [0.29, 0.717) is 41.5 Å². The van der Waals surface area contributed by atoms with Gasteiger partial charge in [0.1, 0.15) is 17.1 Å². The summed E-state index contributed by atoms with van der Waals surface area (Å²) in [5.74, 6) is 0.0472. The fourth-order valence-electron chi connectivity index (χ4n) is 4.24. The first-order chi connectivity index (χ1) is 14.4. The topological polar surface area (TPSA) is 78.5 Å².